The summed E-state index contributed by atoms with van der Waals surface area (Å²) in [6.45, 7) is 2.72. The van der Waals surface area contributed by atoms with Gasteiger partial charge in [-0.05, 0) is 44.2 Å². The fraction of sp³-hybridized carbons (Fsp3) is 0.438. The van der Waals surface area contributed by atoms with Crippen molar-refractivity contribution in [1.29, 1.82) is 0 Å². The molecule has 1 heterocycles. The monoisotopic (exact) mass is 276 g/mol. The minimum absolute atomic E-state index is 0.281. The molecule has 1 aromatic heterocycles. The van der Waals surface area contributed by atoms with Gasteiger partial charge in [0.15, 0.2) is 5.82 Å². The van der Waals surface area contributed by atoms with Crippen LogP contribution in [-0.2, 0) is 12.8 Å². The summed E-state index contributed by atoms with van der Waals surface area (Å²) in [5, 5.41) is 3.85. The molecule has 0 saturated carbocycles. The molecule has 3 rings (SSSR count). The maximum Gasteiger partial charge on any atom is 0.152 e. The van der Waals surface area contributed by atoms with Gasteiger partial charge < -0.3 is 5.32 Å². The number of nitrogens with zero attached hydrogens (tertiary/aromatic N) is 1. The summed E-state index contributed by atoms with van der Waals surface area (Å²) in [5.74, 6) is -1.13. The first kappa shape index (κ1) is 13.3. The summed E-state index contributed by atoms with van der Waals surface area (Å²) in [5.41, 5.74) is 3.26. The third-order valence-corrected chi connectivity index (χ3v) is 3.89. The first-order chi connectivity index (χ1) is 9.70. The molecule has 0 aliphatic heterocycles. The second-order valence-corrected chi connectivity index (χ2v) is 5.29. The summed E-state index contributed by atoms with van der Waals surface area (Å²) in [6.07, 6.45) is 5.16. The fourth-order valence-corrected chi connectivity index (χ4v) is 3.01. The Labute approximate surface area is 117 Å². The van der Waals surface area contributed by atoms with Crippen molar-refractivity contribution in [3.8, 4) is 0 Å². The molecule has 0 spiro atoms. The highest BCUT2D eigenvalue weighted by Gasteiger charge is 2.19. The molecule has 1 N–H and O–H groups in total. The van der Waals surface area contributed by atoms with Crippen LogP contribution in [0.3, 0.4) is 0 Å². The average molecular weight is 276 g/mol. The van der Waals surface area contributed by atoms with E-state index >= 15 is 0 Å². The molecule has 0 fully saturated rings. The van der Waals surface area contributed by atoms with Crippen LogP contribution in [0.25, 0.3) is 10.9 Å². The maximum atomic E-state index is 14.0. The minimum Gasteiger partial charge on any atom is -0.384 e. The van der Waals surface area contributed by atoms with Crippen molar-refractivity contribution in [1.82, 2.24) is 4.98 Å². The number of anilines is 1. The van der Waals surface area contributed by atoms with Crippen molar-refractivity contribution < 1.29 is 8.78 Å². The summed E-state index contributed by atoms with van der Waals surface area (Å²) >= 11 is 0. The average Bonchev–Trinajstić information content (AvgIpc) is 2.65. The van der Waals surface area contributed by atoms with E-state index < -0.39 is 11.6 Å². The Balaban J connectivity index is 2.33. The highest BCUT2D eigenvalue weighted by Crippen LogP contribution is 2.34. The lowest BCUT2D eigenvalue weighted by Crippen LogP contribution is -2.07. The number of hydrogen-bond acceptors (Lipinski definition) is 2. The van der Waals surface area contributed by atoms with E-state index in [1.165, 1.54) is 6.07 Å². The zero-order valence-corrected chi connectivity index (χ0v) is 11.6. The van der Waals surface area contributed by atoms with Crippen LogP contribution in [0.5, 0.6) is 0 Å². The molecule has 0 amide bonds. The van der Waals surface area contributed by atoms with Crippen LogP contribution in [0.2, 0.25) is 0 Å². The smallest absolute Gasteiger partial charge is 0.152 e. The Bertz CT molecular complexity index is 653. The summed E-state index contributed by atoms with van der Waals surface area (Å²) in [7, 11) is 0. The van der Waals surface area contributed by atoms with Crippen molar-refractivity contribution in [2.45, 2.75) is 39.0 Å². The number of aromatic nitrogens is 1. The number of nitrogens with one attached hydrogen (secondary N) is 1. The largest absolute Gasteiger partial charge is 0.384 e. The SMILES string of the molecule is CCNc1c2c(nc3c(F)cc(F)cc13)CCCCC2. The molecular weight excluding hydrogens is 258 g/mol. The number of halogens is 2. The predicted octanol–water partition coefficient (Wildman–Crippen LogP) is 4.21. The summed E-state index contributed by atoms with van der Waals surface area (Å²) in [4.78, 5) is 4.48. The molecule has 1 aliphatic rings. The lowest BCUT2D eigenvalue weighted by molar-refractivity contribution is 0.590. The normalized spacial score (nSPS) is 14.9. The maximum absolute atomic E-state index is 14.0. The van der Waals surface area contributed by atoms with Crippen molar-refractivity contribution >= 4 is 16.6 Å². The van der Waals surface area contributed by atoms with Gasteiger partial charge in [-0.1, -0.05) is 6.42 Å². The number of aryl methyl sites for hydroxylation is 1. The van der Waals surface area contributed by atoms with Crippen LogP contribution in [0.1, 0.15) is 37.4 Å². The van der Waals surface area contributed by atoms with Crippen LogP contribution in [-0.4, -0.2) is 11.5 Å². The Morgan fingerprint density at radius 3 is 2.75 bits per heavy atom. The Kier molecular flexibility index (Phi) is 3.55. The molecule has 0 atom stereocenters. The Hall–Kier alpha value is -1.71. The van der Waals surface area contributed by atoms with Gasteiger partial charge in [-0.15, -0.1) is 0 Å². The molecule has 0 saturated heterocycles. The Morgan fingerprint density at radius 2 is 1.95 bits per heavy atom. The first-order valence-electron chi connectivity index (χ1n) is 7.25. The molecule has 0 radical (unpaired) electrons. The number of benzene rings is 1. The molecule has 2 nitrogen and oxygen atoms in total. The Morgan fingerprint density at radius 1 is 1.15 bits per heavy atom. The van der Waals surface area contributed by atoms with Gasteiger partial charge in [0.25, 0.3) is 0 Å². The van der Waals surface area contributed by atoms with Crippen molar-refractivity contribution in [2.24, 2.45) is 0 Å². The quantitative estimate of drug-likeness (QED) is 0.831. The van der Waals surface area contributed by atoms with Crippen LogP contribution in [0.4, 0.5) is 14.5 Å². The van der Waals surface area contributed by atoms with Gasteiger partial charge in [0.05, 0.1) is 0 Å². The number of fused-ring (bicyclic) bond motifs is 2. The molecule has 1 aromatic carbocycles. The molecule has 0 unspecified atom stereocenters. The highest BCUT2D eigenvalue weighted by molar-refractivity contribution is 5.94. The summed E-state index contributed by atoms with van der Waals surface area (Å²) < 4.78 is 27.5. The van der Waals surface area contributed by atoms with Gasteiger partial charge in [0, 0.05) is 29.4 Å². The highest BCUT2D eigenvalue weighted by atomic mass is 19.1. The van der Waals surface area contributed by atoms with E-state index in [2.05, 4.69) is 10.3 Å². The number of hydrogen-bond donors (Lipinski definition) is 1. The van der Waals surface area contributed by atoms with Gasteiger partial charge >= 0.3 is 0 Å². The van der Waals surface area contributed by atoms with Crippen LogP contribution in [0.15, 0.2) is 12.1 Å². The molecular formula is C16H18F2N2. The van der Waals surface area contributed by atoms with Crippen LogP contribution in [0, 0.1) is 11.6 Å². The van der Waals surface area contributed by atoms with Crippen LogP contribution >= 0.6 is 0 Å². The van der Waals surface area contributed by atoms with E-state index in [0.717, 1.165) is 61.7 Å². The van der Waals surface area contributed by atoms with E-state index in [1.54, 1.807) is 0 Å². The van der Waals surface area contributed by atoms with E-state index in [-0.39, 0.29) is 5.52 Å². The lowest BCUT2D eigenvalue weighted by atomic mass is 10.0. The molecule has 2 aromatic rings. The number of rotatable bonds is 2. The third-order valence-electron chi connectivity index (χ3n) is 3.89. The zero-order valence-electron chi connectivity index (χ0n) is 11.6. The van der Waals surface area contributed by atoms with E-state index in [9.17, 15) is 8.78 Å². The second kappa shape index (κ2) is 5.35. The van der Waals surface area contributed by atoms with E-state index in [0.29, 0.717) is 5.39 Å². The predicted molar refractivity (Wildman–Crippen MR) is 77.1 cm³/mol. The zero-order chi connectivity index (χ0) is 14.1. The topological polar surface area (TPSA) is 24.9 Å². The minimum atomic E-state index is -0.578. The molecule has 1 aliphatic carbocycles. The van der Waals surface area contributed by atoms with Gasteiger partial charge in [-0.2, -0.15) is 0 Å². The standard InChI is InChI=1S/C16H18F2N2/c1-2-19-15-11-6-4-3-5-7-14(11)20-16-12(15)8-10(17)9-13(16)18/h8-9H,2-7H2,1H3,(H,19,20). The summed E-state index contributed by atoms with van der Waals surface area (Å²) in [6, 6.07) is 2.29. The van der Waals surface area contributed by atoms with Crippen LogP contribution < -0.4 is 5.32 Å². The van der Waals surface area contributed by atoms with Crippen molar-refractivity contribution in [3.05, 3.63) is 35.0 Å². The fourth-order valence-electron chi connectivity index (χ4n) is 3.01. The second-order valence-electron chi connectivity index (χ2n) is 5.29. The first-order valence-corrected chi connectivity index (χ1v) is 7.25. The molecule has 20 heavy (non-hydrogen) atoms. The van der Waals surface area contributed by atoms with Crippen molar-refractivity contribution in [3.63, 3.8) is 0 Å². The van der Waals surface area contributed by atoms with Gasteiger partial charge in [-0.25, -0.2) is 13.8 Å². The van der Waals surface area contributed by atoms with Gasteiger partial charge in [0.1, 0.15) is 11.3 Å². The molecule has 4 heteroatoms. The molecule has 106 valence electrons. The lowest BCUT2D eigenvalue weighted by Gasteiger charge is -2.16. The van der Waals surface area contributed by atoms with Gasteiger partial charge in [0.2, 0.25) is 0 Å². The van der Waals surface area contributed by atoms with E-state index in [1.807, 2.05) is 6.92 Å². The van der Waals surface area contributed by atoms with Crippen molar-refractivity contribution in [2.75, 3.05) is 11.9 Å². The molecule has 0 bridgehead atoms. The van der Waals surface area contributed by atoms with Gasteiger partial charge in [-0.3, -0.25) is 0 Å². The third kappa shape index (κ3) is 2.23. The number of pyridine rings is 1. The van der Waals surface area contributed by atoms with E-state index in [4.69, 9.17) is 0 Å².